The van der Waals surface area contributed by atoms with Crippen LogP contribution in [0.1, 0.15) is 232 Å². The van der Waals surface area contributed by atoms with Crippen LogP contribution in [-0.2, 0) is 0 Å². The van der Waals surface area contributed by atoms with E-state index in [2.05, 4.69) is 76.1 Å². The van der Waals surface area contributed by atoms with Gasteiger partial charge in [0.1, 0.15) is 0 Å². The molecule has 2 heteroatoms. The van der Waals surface area contributed by atoms with Crippen molar-refractivity contribution in [2.75, 3.05) is 34.7 Å². The molecule has 0 aromatic rings. The summed E-state index contributed by atoms with van der Waals surface area (Å²) < 4.78 is 0. The first-order chi connectivity index (χ1) is 23.5. The number of hydrogen-bond donors (Lipinski definition) is 0. The molecule has 0 rings (SSSR count). The number of nitrogens with zero attached hydrogens (tertiary/aromatic N) is 2. The molecule has 2 nitrogen and oxygen atoms in total. The molecule has 0 bridgehead atoms. The highest BCUT2D eigenvalue weighted by atomic mass is 15.1. The van der Waals surface area contributed by atoms with Gasteiger partial charge in [-0.15, -0.1) is 0 Å². The van der Waals surface area contributed by atoms with Gasteiger partial charge in [0.15, 0.2) is 0 Å². The number of unbranched alkanes of at least 4 members (excludes halogenated alkanes) is 26. The fraction of sp³-hybridized carbons (Fsp3) is 0.913. The molecule has 0 spiro atoms. The average Bonchev–Trinajstić information content (AvgIpc) is 3.07. The molecule has 0 aromatic heterocycles. The van der Waals surface area contributed by atoms with Crippen LogP contribution < -0.4 is 0 Å². The third-order valence-electron chi connectivity index (χ3n) is 11.0. The Labute approximate surface area is 305 Å². The number of allylic oxidation sites excluding steroid dienone is 4. The monoisotopic (exact) mass is 673 g/mol. The highest BCUT2D eigenvalue weighted by Gasteiger charge is 2.30. The van der Waals surface area contributed by atoms with Crippen LogP contribution in [0.2, 0.25) is 0 Å². The maximum absolute atomic E-state index is 2.65. The van der Waals surface area contributed by atoms with E-state index in [9.17, 15) is 0 Å². The highest BCUT2D eigenvalue weighted by molar-refractivity contribution is 4.88. The van der Waals surface area contributed by atoms with Crippen molar-refractivity contribution in [1.29, 1.82) is 0 Å². The van der Waals surface area contributed by atoms with E-state index in [1.54, 1.807) is 0 Å². The van der Waals surface area contributed by atoms with Crippen LogP contribution >= 0.6 is 0 Å². The lowest BCUT2D eigenvalue weighted by molar-refractivity contribution is 0.104. The van der Waals surface area contributed by atoms with Crippen LogP contribution in [0, 0.1) is 0 Å². The molecular weight excluding hydrogens is 581 g/mol. The topological polar surface area (TPSA) is 6.48 Å². The molecule has 0 atom stereocenters. The van der Waals surface area contributed by atoms with E-state index in [4.69, 9.17) is 0 Å². The van der Waals surface area contributed by atoms with Crippen molar-refractivity contribution in [1.82, 2.24) is 9.80 Å². The SMILES string of the molecule is CCCCCCCCC=CCCCCCCCCC(CCCCCCCCC=CCCCCCCCC)(CCCCCN(C)C)N(C)C. The van der Waals surface area contributed by atoms with Gasteiger partial charge in [0.25, 0.3) is 0 Å². The van der Waals surface area contributed by atoms with Crippen LogP contribution in [0.25, 0.3) is 0 Å². The molecular formula is C46H92N2. The molecule has 286 valence electrons. The number of hydrogen-bond acceptors (Lipinski definition) is 2. The fourth-order valence-electron chi connectivity index (χ4n) is 7.51. The third-order valence-corrected chi connectivity index (χ3v) is 11.0. The summed E-state index contributed by atoms with van der Waals surface area (Å²) in [5.41, 5.74) is 0.416. The molecule has 48 heavy (non-hydrogen) atoms. The lowest BCUT2D eigenvalue weighted by Crippen LogP contribution is -2.44. The Morgan fingerprint density at radius 2 is 0.604 bits per heavy atom. The van der Waals surface area contributed by atoms with Gasteiger partial charge in [0, 0.05) is 5.54 Å². The third kappa shape index (κ3) is 32.6. The van der Waals surface area contributed by atoms with Crippen LogP contribution in [0.15, 0.2) is 24.3 Å². The molecule has 0 amide bonds. The van der Waals surface area contributed by atoms with Gasteiger partial charge in [0.2, 0.25) is 0 Å². The van der Waals surface area contributed by atoms with Gasteiger partial charge in [-0.25, -0.2) is 0 Å². The van der Waals surface area contributed by atoms with Gasteiger partial charge in [0.05, 0.1) is 0 Å². The second kappa shape index (κ2) is 37.7. The minimum Gasteiger partial charge on any atom is -0.309 e. The zero-order valence-electron chi connectivity index (χ0n) is 34.5. The Morgan fingerprint density at radius 1 is 0.333 bits per heavy atom. The van der Waals surface area contributed by atoms with Crippen molar-refractivity contribution in [3.63, 3.8) is 0 Å². The minimum atomic E-state index is 0.416. The summed E-state index contributed by atoms with van der Waals surface area (Å²) in [5, 5.41) is 0. The summed E-state index contributed by atoms with van der Waals surface area (Å²) in [7, 11) is 9.21. The second-order valence-corrected chi connectivity index (χ2v) is 16.1. The Bertz CT molecular complexity index is 621. The molecule has 0 saturated carbocycles. The lowest BCUT2D eigenvalue weighted by atomic mass is 9.80. The average molecular weight is 673 g/mol. The molecule has 0 unspecified atom stereocenters. The Hall–Kier alpha value is -0.600. The quantitative estimate of drug-likeness (QED) is 0.0474. The van der Waals surface area contributed by atoms with Crippen molar-refractivity contribution >= 4 is 0 Å². The van der Waals surface area contributed by atoms with Crippen molar-refractivity contribution in [3.8, 4) is 0 Å². The van der Waals surface area contributed by atoms with Gasteiger partial charge in [-0.1, -0.05) is 179 Å². The molecule has 0 fully saturated rings. The van der Waals surface area contributed by atoms with Crippen molar-refractivity contribution in [3.05, 3.63) is 24.3 Å². The Balaban J connectivity index is 4.23. The first-order valence-electron chi connectivity index (χ1n) is 22.1. The van der Waals surface area contributed by atoms with Gasteiger partial charge in [-0.3, -0.25) is 0 Å². The lowest BCUT2D eigenvalue weighted by Gasteiger charge is -2.41. The molecule has 0 radical (unpaired) electrons. The fourth-order valence-corrected chi connectivity index (χ4v) is 7.51. The minimum absolute atomic E-state index is 0.416. The van der Waals surface area contributed by atoms with Gasteiger partial charge in [-0.05, 0) is 112 Å². The first-order valence-corrected chi connectivity index (χ1v) is 22.1. The summed E-state index contributed by atoms with van der Waals surface area (Å²) in [6, 6.07) is 0. The first kappa shape index (κ1) is 47.4. The van der Waals surface area contributed by atoms with Gasteiger partial charge >= 0.3 is 0 Å². The van der Waals surface area contributed by atoms with Gasteiger partial charge in [-0.2, -0.15) is 0 Å². The zero-order valence-corrected chi connectivity index (χ0v) is 34.5. The Morgan fingerprint density at radius 3 is 0.896 bits per heavy atom. The van der Waals surface area contributed by atoms with Crippen LogP contribution in [0.4, 0.5) is 0 Å². The molecule has 0 heterocycles. The van der Waals surface area contributed by atoms with Gasteiger partial charge < -0.3 is 9.80 Å². The summed E-state index contributed by atoms with van der Waals surface area (Å²) >= 11 is 0. The van der Waals surface area contributed by atoms with E-state index >= 15 is 0 Å². The maximum Gasteiger partial charge on any atom is 0.0203 e. The summed E-state index contributed by atoms with van der Waals surface area (Å²) in [5.74, 6) is 0. The number of rotatable bonds is 39. The largest absolute Gasteiger partial charge is 0.309 e. The predicted molar refractivity (Wildman–Crippen MR) is 222 cm³/mol. The van der Waals surface area contributed by atoms with Crippen LogP contribution in [0.3, 0.4) is 0 Å². The van der Waals surface area contributed by atoms with E-state index in [-0.39, 0.29) is 0 Å². The molecule has 0 aliphatic rings. The predicted octanol–water partition coefficient (Wildman–Crippen LogP) is 15.3. The normalized spacial score (nSPS) is 13.6. The summed E-state index contributed by atoms with van der Waals surface area (Å²) in [4.78, 5) is 4.99. The van der Waals surface area contributed by atoms with Crippen molar-refractivity contribution in [2.24, 2.45) is 0 Å². The van der Waals surface area contributed by atoms with E-state index in [0.29, 0.717) is 5.54 Å². The van der Waals surface area contributed by atoms with Crippen molar-refractivity contribution in [2.45, 2.75) is 238 Å². The molecule has 0 aromatic carbocycles. The molecule has 0 aliphatic carbocycles. The summed E-state index contributed by atoms with van der Waals surface area (Å²) in [6.07, 6.45) is 57.3. The summed E-state index contributed by atoms with van der Waals surface area (Å²) in [6.45, 7) is 5.84. The molecule has 0 N–H and O–H groups in total. The van der Waals surface area contributed by atoms with Crippen molar-refractivity contribution < 1.29 is 0 Å². The maximum atomic E-state index is 2.65. The van der Waals surface area contributed by atoms with E-state index in [1.165, 1.54) is 225 Å². The standard InChI is InChI=1S/C46H92N2/c1-7-9-11-13-15-17-19-21-23-25-27-29-31-33-35-38-42-46(48(5)6,44-40-37-41-45-47(3)4)43-39-36-34-32-30-28-26-24-22-20-18-16-14-12-10-8-2/h21-24H,7-20,25-45H2,1-6H3. The van der Waals surface area contributed by atoms with E-state index < -0.39 is 0 Å². The second-order valence-electron chi connectivity index (χ2n) is 16.1. The van der Waals surface area contributed by atoms with E-state index in [0.717, 1.165) is 0 Å². The van der Waals surface area contributed by atoms with E-state index in [1.807, 2.05) is 0 Å². The Kier molecular flexibility index (Phi) is 37.2. The van der Waals surface area contributed by atoms with Crippen LogP contribution in [0.5, 0.6) is 0 Å². The molecule has 0 saturated heterocycles. The zero-order chi connectivity index (χ0) is 35.2. The van der Waals surface area contributed by atoms with Crippen LogP contribution in [-0.4, -0.2) is 50.1 Å². The highest BCUT2D eigenvalue weighted by Crippen LogP contribution is 2.33. The smallest absolute Gasteiger partial charge is 0.0203 e. The molecule has 0 aliphatic heterocycles.